The van der Waals surface area contributed by atoms with Crippen LogP contribution < -0.4 is 0 Å². The van der Waals surface area contributed by atoms with Crippen LogP contribution in [-0.2, 0) is 9.84 Å². The highest BCUT2D eigenvalue weighted by Crippen LogP contribution is 2.57. The number of hydrogen-bond donors (Lipinski definition) is 0. The molecule has 0 bridgehead atoms. The molecule has 0 aromatic rings. The van der Waals surface area contributed by atoms with Gasteiger partial charge in [-0.25, -0.2) is 13.0 Å². The van der Waals surface area contributed by atoms with Gasteiger partial charge in [-0.15, -0.1) is 0 Å². The lowest BCUT2D eigenvalue weighted by molar-refractivity contribution is -0.515. The van der Waals surface area contributed by atoms with Crippen LogP contribution in [0.2, 0.25) is 0 Å². The average molecular weight is 359 g/mol. The summed E-state index contributed by atoms with van der Waals surface area (Å²) in [5.41, 5.74) is 0. The molecule has 2 saturated heterocycles. The van der Waals surface area contributed by atoms with E-state index < -0.39 is 14.0 Å². The number of thioether (sulfide) groups is 2. The van der Waals surface area contributed by atoms with Crippen LogP contribution in [0.25, 0.3) is 0 Å². The van der Waals surface area contributed by atoms with Gasteiger partial charge in [0.2, 0.25) is 0 Å². The standard InChI is InChI=1S/C10H17BrNO2S3/c1-4-12(5-2)9-15-7-6-17(13,14)8(11)10(7,3)16-9/h7-8H,4-6H2,1-3H3/q+1/t7-,8-,10+/m1/s1. The molecule has 7 heteroatoms. The lowest BCUT2D eigenvalue weighted by atomic mass is 10.1. The van der Waals surface area contributed by atoms with E-state index in [0.29, 0.717) is 5.75 Å². The normalized spacial score (nSPS) is 39.4. The second kappa shape index (κ2) is 4.72. The molecule has 2 aliphatic heterocycles. The summed E-state index contributed by atoms with van der Waals surface area (Å²) in [6.45, 7) is 8.30. The average Bonchev–Trinajstić information content (AvgIpc) is 2.64. The Labute approximate surface area is 120 Å². The first-order valence-corrected chi connectivity index (χ1v) is 10.0. The van der Waals surface area contributed by atoms with E-state index in [1.54, 1.807) is 23.5 Å². The van der Waals surface area contributed by atoms with Crippen molar-refractivity contribution in [3.05, 3.63) is 0 Å². The molecule has 0 saturated carbocycles. The number of rotatable bonds is 2. The highest BCUT2D eigenvalue weighted by Gasteiger charge is 2.62. The van der Waals surface area contributed by atoms with Gasteiger partial charge in [-0.2, -0.15) is 0 Å². The zero-order valence-electron chi connectivity index (χ0n) is 10.1. The van der Waals surface area contributed by atoms with Gasteiger partial charge in [0.15, 0.2) is 9.84 Å². The van der Waals surface area contributed by atoms with Crippen LogP contribution in [0.4, 0.5) is 0 Å². The summed E-state index contributed by atoms with van der Waals surface area (Å²) in [5.74, 6) is 0.294. The van der Waals surface area contributed by atoms with Crippen molar-refractivity contribution in [3.63, 3.8) is 0 Å². The molecule has 0 unspecified atom stereocenters. The Morgan fingerprint density at radius 3 is 2.53 bits per heavy atom. The van der Waals surface area contributed by atoms with Crippen LogP contribution >= 0.6 is 39.5 Å². The van der Waals surface area contributed by atoms with Gasteiger partial charge in [0.1, 0.15) is 17.2 Å². The van der Waals surface area contributed by atoms with Gasteiger partial charge in [0.05, 0.1) is 10.5 Å². The molecule has 3 nitrogen and oxygen atoms in total. The predicted molar refractivity (Wildman–Crippen MR) is 80.2 cm³/mol. The minimum atomic E-state index is -2.96. The quantitative estimate of drug-likeness (QED) is 0.559. The van der Waals surface area contributed by atoms with Crippen molar-refractivity contribution in [1.29, 1.82) is 0 Å². The number of alkyl halides is 1. The lowest BCUT2D eigenvalue weighted by Gasteiger charge is -2.21. The van der Waals surface area contributed by atoms with E-state index in [-0.39, 0.29) is 10.00 Å². The highest BCUT2D eigenvalue weighted by atomic mass is 79.9. The van der Waals surface area contributed by atoms with Crippen LogP contribution in [-0.4, -0.2) is 50.4 Å². The first-order chi connectivity index (χ1) is 7.85. The molecule has 2 heterocycles. The fourth-order valence-corrected chi connectivity index (χ4v) is 10.3. The molecule has 2 fully saturated rings. The third kappa shape index (κ3) is 2.21. The topological polar surface area (TPSA) is 37.1 Å². The third-order valence-electron chi connectivity index (χ3n) is 3.36. The smallest absolute Gasteiger partial charge is 0.228 e. The maximum Gasteiger partial charge on any atom is 0.270 e. The Bertz CT molecular complexity index is 456. The molecule has 0 N–H and O–H groups in total. The van der Waals surface area contributed by atoms with Gasteiger partial charge in [-0.05, 0) is 44.3 Å². The molecule has 2 aliphatic rings. The van der Waals surface area contributed by atoms with Crippen molar-refractivity contribution >= 4 is 53.7 Å². The minimum absolute atomic E-state index is 0.178. The van der Waals surface area contributed by atoms with Gasteiger partial charge in [0.25, 0.3) is 4.38 Å². The van der Waals surface area contributed by atoms with Crippen molar-refractivity contribution in [2.45, 2.75) is 34.9 Å². The van der Waals surface area contributed by atoms with E-state index in [9.17, 15) is 8.42 Å². The Hall–Kier alpha value is 0.800. The monoisotopic (exact) mass is 358 g/mol. The van der Waals surface area contributed by atoms with Crippen LogP contribution in [0.15, 0.2) is 0 Å². The molecule has 0 aromatic heterocycles. The fourth-order valence-electron chi connectivity index (χ4n) is 2.18. The number of hydrogen-bond acceptors (Lipinski definition) is 4. The van der Waals surface area contributed by atoms with Crippen LogP contribution in [0.3, 0.4) is 0 Å². The van der Waals surface area contributed by atoms with Crippen molar-refractivity contribution in [1.82, 2.24) is 0 Å². The number of nitrogens with zero attached hydrogens (tertiary/aromatic N) is 1. The second-order valence-electron chi connectivity index (χ2n) is 4.48. The van der Waals surface area contributed by atoms with Gasteiger partial charge in [-0.1, -0.05) is 15.9 Å². The maximum atomic E-state index is 11.9. The zero-order chi connectivity index (χ0) is 12.8. The fraction of sp³-hybridized carbons (Fsp3) is 0.900. The van der Waals surface area contributed by atoms with Crippen LogP contribution in [0.5, 0.6) is 0 Å². The van der Waals surface area contributed by atoms with Gasteiger partial charge in [0, 0.05) is 5.25 Å². The molecule has 0 aliphatic carbocycles. The van der Waals surface area contributed by atoms with Crippen LogP contribution in [0, 0.1) is 0 Å². The van der Waals surface area contributed by atoms with Crippen molar-refractivity contribution in [2.24, 2.45) is 0 Å². The summed E-state index contributed by atoms with van der Waals surface area (Å²) >= 11 is 6.86. The van der Waals surface area contributed by atoms with E-state index in [0.717, 1.165) is 13.1 Å². The van der Waals surface area contributed by atoms with E-state index in [2.05, 4.69) is 41.3 Å². The third-order valence-corrected chi connectivity index (χ3v) is 12.1. The Morgan fingerprint density at radius 1 is 1.47 bits per heavy atom. The van der Waals surface area contributed by atoms with E-state index in [4.69, 9.17) is 0 Å². The zero-order valence-corrected chi connectivity index (χ0v) is 14.2. The number of fused-ring (bicyclic) bond motifs is 1. The molecule has 0 spiro atoms. The number of sulfone groups is 1. The molecular formula is C10H17BrNO2S3+. The second-order valence-corrected chi connectivity index (χ2v) is 11.0. The molecule has 0 aromatic carbocycles. The molecular weight excluding hydrogens is 342 g/mol. The molecule has 98 valence electrons. The predicted octanol–water partition coefficient (Wildman–Crippen LogP) is 2.15. The summed E-state index contributed by atoms with van der Waals surface area (Å²) in [6, 6.07) is 0. The van der Waals surface area contributed by atoms with E-state index in [1.807, 2.05) is 0 Å². The molecule has 0 radical (unpaired) electrons. The van der Waals surface area contributed by atoms with Crippen molar-refractivity contribution in [3.8, 4) is 0 Å². The summed E-state index contributed by atoms with van der Waals surface area (Å²) in [4.78, 5) is 0. The van der Waals surface area contributed by atoms with E-state index >= 15 is 0 Å². The molecule has 0 amide bonds. The van der Waals surface area contributed by atoms with Crippen LogP contribution in [0.1, 0.15) is 20.8 Å². The number of halogens is 1. The molecule has 2 rings (SSSR count). The summed E-state index contributed by atoms with van der Waals surface area (Å²) in [7, 11) is -2.96. The van der Waals surface area contributed by atoms with Crippen molar-refractivity contribution < 1.29 is 13.0 Å². The van der Waals surface area contributed by atoms with Crippen molar-refractivity contribution in [2.75, 3.05) is 18.8 Å². The lowest BCUT2D eigenvalue weighted by Crippen LogP contribution is -2.33. The Morgan fingerprint density at radius 2 is 2.06 bits per heavy atom. The molecule has 3 atom stereocenters. The summed E-state index contributed by atoms with van der Waals surface area (Å²) in [6.07, 6.45) is 0. The summed E-state index contributed by atoms with van der Waals surface area (Å²) < 4.78 is 26.8. The Balaban J connectivity index is 2.34. The maximum absolute atomic E-state index is 11.9. The van der Waals surface area contributed by atoms with Gasteiger partial charge in [-0.3, -0.25) is 0 Å². The summed E-state index contributed by atoms with van der Waals surface area (Å²) in [5, 5.41) is 0.178. The first-order valence-electron chi connectivity index (χ1n) is 5.68. The van der Waals surface area contributed by atoms with Gasteiger partial charge >= 0.3 is 0 Å². The first kappa shape index (κ1) is 14.2. The SMILES string of the molecule is CC[N+](CC)=C1S[C@@H]2CS(=O)(=O)[C@@H](Br)[C@@]2(C)S1. The van der Waals surface area contributed by atoms with Gasteiger partial charge < -0.3 is 0 Å². The highest BCUT2D eigenvalue weighted by molar-refractivity contribution is 9.11. The molecule has 17 heavy (non-hydrogen) atoms. The van der Waals surface area contributed by atoms with E-state index in [1.165, 1.54) is 4.38 Å². The largest absolute Gasteiger partial charge is 0.270 e. The Kier molecular flexibility index (Phi) is 3.95. The minimum Gasteiger partial charge on any atom is -0.228 e.